The van der Waals surface area contributed by atoms with Gasteiger partial charge < -0.3 is 52.1 Å². The van der Waals surface area contributed by atoms with E-state index in [4.69, 9.17) is 52.1 Å². The summed E-state index contributed by atoms with van der Waals surface area (Å²) in [6, 6.07) is 56.7. The summed E-state index contributed by atoms with van der Waals surface area (Å²) in [4.78, 5) is 85.4. The molecule has 7 aromatic rings. The van der Waals surface area contributed by atoms with Gasteiger partial charge in [0.2, 0.25) is 12.4 Å². The molecule has 0 radical (unpaired) electrons. The molecule has 10 rings (SSSR count). The van der Waals surface area contributed by atoms with Crippen LogP contribution in [0.2, 0.25) is 0 Å². The van der Waals surface area contributed by atoms with Gasteiger partial charge in [-0.15, -0.1) is 0 Å². The van der Waals surface area contributed by atoms with Gasteiger partial charge in [0.1, 0.15) is 31.0 Å². The van der Waals surface area contributed by atoms with Crippen molar-refractivity contribution in [1.82, 2.24) is 0 Å². The molecule has 0 amide bonds. The van der Waals surface area contributed by atoms with Crippen molar-refractivity contribution in [2.24, 2.45) is 0 Å². The fraction of sp³-hybridized carbons (Fsp3) is 0.213. The van der Waals surface area contributed by atoms with Crippen molar-refractivity contribution in [1.29, 1.82) is 0 Å². The summed E-state index contributed by atoms with van der Waals surface area (Å²) < 4.78 is 70.3. The van der Waals surface area contributed by atoms with E-state index in [0.29, 0.717) is 5.56 Å². The topological polar surface area (TPSA) is 204 Å². The van der Waals surface area contributed by atoms with Crippen LogP contribution in [0.5, 0.6) is 0 Å². The number of hydrogen-bond donors (Lipinski definition) is 0. The number of carbonyl (C=O) groups is 6. The maximum atomic E-state index is 14.5. The van der Waals surface area contributed by atoms with Gasteiger partial charge in [-0.25, -0.2) is 28.8 Å². The molecule has 78 heavy (non-hydrogen) atoms. The highest BCUT2D eigenvalue weighted by Crippen LogP contribution is 2.40. The molecule has 3 saturated heterocycles. The van der Waals surface area contributed by atoms with Gasteiger partial charge in [0.15, 0.2) is 30.9 Å². The van der Waals surface area contributed by atoms with Gasteiger partial charge in [0.25, 0.3) is 0 Å². The monoisotopic (exact) mass is 1050 g/mol. The van der Waals surface area contributed by atoms with Crippen LogP contribution in [0.1, 0.15) is 74.0 Å². The molecule has 0 aliphatic carbocycles. The van der Waals surface area contributed by atoms with E-state index in [1.165, 1.54) is 60.7 Å². The molecule has 396 valence electrons. The second-order valence-corrected chi connectivity index (χ2v) is 18.0. The van der Waals surface area contributed by atoms with Gasteiger partial charge in [0.05, 0.1) is 40.0 Å². The van der Waals surface area contributed by atoms with E-state index in [1.54, 1.807) is 146 Å². The lowest BCUT2D eigenvalue weighted by atomic mass is 9.95. The Morgan fingerprint density at radius 3 is 1.15 bits per heavy atom. The highest BCUT2D eigenvalue weighted by Gasteiger charge is 2.59. The van der Waals surface area contributed by atoms with Crippen LogP contribution in [-0.4, -0.2) is 110 Å². The first-order chi connectivity index (χ1) is 38.2. The van der Waals surface area contributed by atoms with Crippen molar-refractivity contribution in [3.8, 4) is 0 Å². The Bertz CT molecular complexity index is 3130. The number of benzene rings is 7. The normalized spacial score (nSPS) is 24.4. The third-order valence-corrected chi connectivity index (χ3v) is 12.9. The molecule has 0 spiro atoms. The van der Waals surface area contributed by atoms with E-state index in [9.17, 15) is 28.8 Å². The highest BCUT2D eigenvalue weighted by molar-refractivity contribution is 5.92. The molecule has 0 aromatic heterocycles. The fourth-order valence-corrected chi connectivity index (χ4v) is 9.01. The Balaban J connectivity index is 1.10. The minimum atomic E-state index is -1.91. The van der Waals surface area contributed by atoms with E-state index in [2.05, 4.69) is 0 Å². The molecule has 3 fully saturated rings. The van der Waals surface area contributed by atoms with Crippen LogP contribution in [0.15, 0.2) is 212 Å². The molecule has 1 unspecified atom stereocenters. The molecule has 3 aliphatic heterocycles. The van der Waals surface area contributed by atoms with Gasteiger partial charge in [-0.1, -0.05) is 140 Å². The van der Waals surface area contributed by atoms with Crippen LogP contribution >= 0.6 is 0 Å². The van der Waals surface area contributed by atoms with Gasteiger partial charge in [-0.3, -0.25) is 0 Å². The predicted molar refractivity (Wildman–Crippen MR) is 273 cm³/mol. The number of rotatable bonds is 16. The quantitative estimate of drug-likeness (QED) is 0.0657. The van der Waals surface area contributed by atoms with E-state index < -0.39 is 110 Å². The Morgan fingerprint density at radius 2 is 0.718 bits per heavy atom. The first-order valence-corrected chi connectivity index (χ1v) is 25.0. The zero-order valence-electron chi connectivity index (χ0n) is 41.4. The predicted octanol–water partition coefficient (Wildman–Crippen LogP) is 8.55. The maximum absolute atomic E-state index is 14.5. The zero-order valence-corrected chi connectivity index (χ0v) is 41.4. The maximum Gasteiger partial charge on any atom is 0.340 e. The Kier molecular flexibility index (Phi) is 16.8. The smallest absolute Gasteiger partial charge is 0.340 e. The number of esters is 6. The average molecular weight is 1060 g/mol. The molecule has 3 heterocycles. The van der Waals surface area contributed by atoms with E-state index in [1.807, 2.05) is 6.07 Å². The van der Waals surface area contributed by atoms with E-state index in [-0.39, 0.29) is 40.0 Å². The van der Waals surface area contributed by atoms with Crippen LogP contribution in [0.3, 0.4) is 0 Å². The molecule has 0 bridgehead atoms. The van der Waals surface area contributed by atoms with Gasteiger partial charge in [-0.2, -0.15) is 0 Å². The SMILES string of the molecule is O=C(OC[C@H]1O[C@H](OC(=O)c2ccccc2)[C@@H](OC(=O)c2ccccc2)[C@@H](OC(=O)c2ccccc2)[C@@H]1O[C@@H]1O[C@@H]2COC(c3ccccc3)O[C@@H]2[C@@H](OC(=O)c2ccccc2)[C@H]1OC(=O)c1ccccc1)c1ccccc1. The van der Waals surface area contributed by atoms with Crippen LogP contribution in [0, 0.1) is 0 Å². The molecule has 17 heteroatoms. The van der Waals surface area contributed by atoms with Crippen molar-refractivity contribution in [2.75, 3.05) is 13.2 Å². The summed E-state index contributed by atoms with van der Waals surface area (Å²) in [7, 11) is 0. The Labute approximate surface area is 447 Å². The van der Waals surface area contributed by atoms with Gasteiger partial charge in [-0.05, 0) is 72.8 Å². The highest BCUT2D eigenvalue weighted by atomic mass is 16.8. The summed E-state index contributed by atoms with van der Waals surface area (Å²) in [5.74, 6) is -5.39. The lowest BCUT2D eigenvalue weighted by Crippen LogP contribution is -2.68. The molecule has 0 saturated carbocycles. The van der Waals surface area contributed by atoms with E-state index in [0.717, 1.165) is 0 Å². The largest absolute Gasteiger partial charge is 0.459 e. The molecular formula is C61H50O17. The summed E-state index contributed by atoms with van der Waals surface area (Å²) >= 11 is 0. The van der Waals surface area contributed by atoms with Crippen LogP contribution in [0.25, 0.3) is 0 Å². The minimum absolute atomic E-state index is 0.0459. The number of hydrogen-bond acceptors (Lipinski definition) is 17. The van der Waals surface area contributed by atoms with Crippen LogP contribution in [0.4, 0.5) is 0 Å². The second kappa shape index (κ2) is 24.9. The number of carbonyl (C=O) groups excluding carboxylic acids is 6. The van der Waals surface area contributed by atoms with Crippen molar-refractivity contribution in [3.63, 3.8) is 0 Å². The second-order valence-electron chi connectivity index (χ2n) is 18.0. The number of ether oxygens (including phenoxy) is 11. The summed E-state index contributed by atoms with van der Waals surface area (Å²) in [5, 5.41) is 0. The van der Waals surface area contributed by atoms with E-state index >= 15 is 0 Å². The standard InChI is InChI=1S/C61H50O17/c62-53(38-22-8-1-9-23-38)68-36-45-48(50(73-55(64)40-26-12-3-13-27-40)52(75-57(66)42-30-16-5-17-31-42)61(71-45)78-58(67)43-32-18-6-19-33-43)77-60-51(74-56(65)41-28-14-4-15-29-41)49(72-54(63)39-24-10-2-11-25-39)47-46(70-60)37-69-59(76-47)44-34-20-7-21-35-44/h1-35,45-52,59-61H,36-37H2/t45-,46-,47+,48-,49-,50+,51-,52+,59?,60+,61-/m1/s1. The summed E-state index contributed by atoms with van der Waals surface area (Å²) in [6.07, 6.45) is -17.5. The molecule has 17 nitrogen and oxygen atoms in total. The minimum Gasteiger partial charge on any atom is -0.459 e. The van der Waals surface area contributed by atoms with Gasteiger partial charge >= 0.3 is 35.8 Å². The molecule has 0 N–H and O–H groups in total. The molecular weight excluding hydrogens is 1000 g/mol. The summed E-state index contributed by atoms with van der Waals surface area (Å²) in [5.41, 5.74) is 1.19. The van der Waals surface area contributed by atoms with Crippen molar-refractivity contribution >= 4 is 35.8 Å². The van der Waals surface area contributed by atoms with Crippen molar-refractivity contribution < 1.29 is 80.9 Å². The summed E-state index contributed by atoms with van der Waals surface area (Å²) in [6.45, 7) is -0.884. The Hall–Kier alpha value is -8.84. The average Bonchev–Trinajstić information content (AvgIpc) is 3.59. The fourth-order valence-electron chi connectivity index (χ4n) is 9.01. The zero-order chi connectivity index (χ0) is 53.8. The van der Waals surface area contributed by atoms with Crippen molar-refractivity contribution in [3.05, 3.63) is 251 Å². The molecule has 3 aliphatic rings. The third-order valence-electron chi connectivity index (χ3n) is 12.9. The number of fused-ring (bicyclic) bond motifs is 1. The van der Waals surface area contributed by atoms with Crippen molar-refractivity contribution in [2.45, 2.75) is 67.7 Å². The lowest BCUT2D eigenvalue weighted by Gasteiger charge is -2.50. The van der Waals surface area contributed by atoms with Crippen LogP contribution < -0.4 is 0 Å². The first kappa shape index (κ1) is 52.6. The first-order valence-electron chi connectivity index (χ1n) is 25.0. The molecule has 11 atom stereocenters. The third kappa shape index (κ3) is 12.5. The molecule has 7 aromatic carbocycles. The Morgan fingerprint density at radius 1 is 0.359 bits per heavy atom. The van der Waals surface area contributed by atoms with Crippen LogP contribution in [-0.2, 0) is 52.1 Å². The lowest BCUT2D eigenvalue weighted by molar-refractivity contribution is -0.381. The van der Waals surface area contributed by atoms with Gasteiger partial charge in [0, 0.05) is 5.56 Å².